The zero-order valence-electron chi connectivity index (χ0n) is 8.89. The van der Waals surface area contributed by atoms with Crippen molar-refractivity contribution < 1.29 is 0 Å². The van der Waals surface area contributed by atoms with Crippen molar-refractivity contribution in [1.29, 1.82) is 0 Å². The van der Waals surface area contributed by atoms with Crippen LogP contribution >= 0.6 is 12.2 Å². The van der Waals surface area contributed by atoms with Gasteiger partial charge in [-0.3, -0.25) is 0 Å². The lowest BCUT2D eigenvalue weighted by Crippen LogP contribution is -2.49. The van der Waals surface area contributed by atoms with Crippen molar-refractivity contribution in [3.63, 3.8) is 0 Å². The molecule has 0 amide bonds. The third-order valence-corrected chi connectivity index (χ3v) is 2.74. The third kappa shape index (κ3) is 3.24. The Balaban J connectivity index is 2.62. The Bertz CT molecular complexity index is 184. The summed E-state index contributed by atoms with van der Waals surface area (Å²) in [6.45, 7) is 9.76. The van der Waals surface area contributed by atoms with E-state index >= 15 is 0 Å². The smallest absolute Gasteiger partial charge is 0.0924 e. The maximum absolute atomic E-state index is 5.39. The summed E-state index contributed by atoms with van der Waals surface area (Å²) in [5.41, 5.74) is 0.177. The Labute approximate surface area is 86.7 Å². The molecule has 0 saturated carbocycles. The van der Waals surface area contributed by atoms with Crippen LogP contribution in [0.4, 0.5) is 0 Å². The van der Waals surface area contributed by atoms with Crippen LogP contribution in [-0.4, -0.2) is 35.1 Å². The highest BCUT2D eigenvalue weighted by Crippen LogP contribution is 2.16. The summed E-state index contributed by atoms with van der Waals surface area (Å²) in [6.07, 6.45) is 2.50. The lowest BCUT2D eigenvalue weighted by Gasteiger charge is -2.39. The van der Waals surface area contributed by atoms with Gasteiger partial charge in [0.2, 0.25) is 0 Å². The van der Waals surface area contributed by atoms with E-state index in [4.69, 9.17) is 12.2 Å². The number of rotatable bonds is 0. The second-order valence-electron chi connectivity index (χ2n) is 4.60. The number of hydrogen-bond acceptors (Lipinski definition) is 2. The second-order valence-corrected chi connectivity index (χ2v) is 5.07. The Morgan fingerprint density at radius 2 is 2.00 bits per heavy atom. The van der Waals surface area contributed by atoms with E-state index in [9.17, 15) is 0 Å². The molecule has 0 aromatic carbocycles. The fourth-order valence-corrected chi connectivity index (χ4v) is 2.11. The van der Waals surface area contributed by atoms with Crippen LogP contribution < -0.4 is 5.32 Å². The first-order chi connectivity index (χ1) is 6.02. The highest BCUT2D eigenvalue weighted by Gasteiger charge is 2.23. The molecular weight excluding hydrogens is 180 g/mol. The second kappa shape index (κ2) is 4.38. The standard InChI is InChI=1S/C10H20N2S/c1-10(2,3)12-7-5-4-6-11-8-9(12)13/h11H,4-8H2,1-3H3. The van der Waals surface area contributed by atoms with Crippen LogP contribution in [-0.2, 0) is 0 Å². The fourth-order valence-electron chi connectivity index (χ4n) is 1.64. The summed E-state index contributed by atoms with van der Waals surface area (Å²) in [7, 11) is 0. The molecule has 1 saturated heterocycles. The molecule has 13 heavy (non-hydrogen) atoms. The first kappa shape index (κ1) is 10.9. The van der Waals surface area contributed by atoms with Crippen LogP contribution in [0.25, 0.3) is 0 Å². The molecule has 0 aliphatic carbocycles. The van der Waals surface area contributed by atoms with Crippen LogP contribution in [0.15, 0.2) is 0 Å². The minimum absolute atomic E-state index is 0.177. The van der Waals surface area contributed by atoms with E-state index in [1.165, 1.54) is 12.8 Å². The SMILES string of the molecule is CC(C)(C)N1CCCCNCC1=S. The molecule has 0 aromatic heterocycles. The van der Waals surface area contributed by atoms with Crippen molar-refractivity contribution in [1.82, 2.24) is 10.2 Å². The molecule has 0 spiro atoms. The van der Waals surface area contributed by atoms with E-state index in [0.29, 0.717) is 0 Å². The van der Waals surface area contributed by atoms with E-state index in [0.717, 1.165) is 24.6 Å². The van der Waals surface area contributed by atoms with E-state index in [2.05, 4.69) is 31.0 Å². The van der Waals surface area contributed by atoms with Crippen molar-refractivity contribution in [3.05, 3.63) is 0 Å². The van der Waals surface area contributed by atoms with Crippen molar-refractivity contribution in [2.75, 3.05) is 19.6 Å². The van der Waals surface area contributed by atoms with Crippen LogP contribution in [0.2, 0.25) is 0 Å². The summed E-state index contributed by atoms with van der Waals surface area (Å²) in [6, 6.07) is 0. The van der Waals surface area contributed by atoms with Crippen LogP contribution in [0, 0.1) is 0 Å². The Morgan fingerprint density at radius 1 is 1.31 bits per heavy atom. The van der Waals surface area contributed by atoms with Gasteiger partial charge in [-0.15, -0.1) is 0 Å². The summed E-state index contributed by atoms with van der Waals surface area (Å²) >= 11 is 5.39. The summed E-state index contributed by atoms with van der Waals surface area (Å²) in [5.74, 6) is 0. The molecule has 1 N–H and O–H groups in total. The number of nitrogens with one attached hydrogen (secondary N) is 1. The molecule has 1 aliphatic heterocycles. The van der Waals surface area contributed by atoms with Gasteiger partial charge in [-0.05, 0) is 40.2 Å². The first-order valence-electron chi connectivity index (χ1n) is 5.03. The van der Waals surface area contributed by atoms with Gasteiger partial charge in [-0.25, -0.2) is 0 Å². The maximum atomic E-state index is 5.39. The zero-order chi connectivity index (χ0) is 9.90. The lowest BCUT2D eigenvalue weighted by molar-refractivity contribution is 0.229. The van der Waals surface area contributed by atoms with E-state index in [-0.39, 0.29) is 5.54 Å². The van der Waals surface area contributed by atoms with Crippen molar-refractivity contribution >= 4 is 17.2 Å². The molecule has 0 radical (unpaired) electrons. The first-order valence-corrected chi connectivity index (χ1v) is 5.44. The summed E-state index contributed by atoms with van der Waals surface area (Å²) < 4.78 is 0. The van der Waals surface area contributed by atoms with Gasteiger partial charge in [0, 0.05) is 18.6 Å². The average molecular weight is 200 g/mol. The predicted octanol–water partition coefficient (Wildman–Crippen LogP) is 1.80. The van der Waals surface area contributed by atoms with Gasteiger partial charge in [0.25, 0.3) is 0 Å². The Morgan fingerprint density at radius 3 is 2.62 bits per heavy atom. The van der Waals surface area contributed by atoms with Gasteiger partial charge in [-0.2, -0.15) is 0 Å². The van der Waals surface area contributed by atoms with Crippen molar-refractivity contribution in [3.8, 4) is 0 Å². The molecule has 1 rings (SSSR count). The van der Waals surface area contributed by atoms with Crippen molar-refractivity contribution in [2.45, 2.75) is 39.2 Å². The largest absolute Gasteiger partial charge is 0.360 e. The molecule has 1 aliphatic rings. The number of hydrogen-bond donors (Lipinski definition) is 1. The van der Waals surface area contributed by atoms with E-state index < -0.39 is 0 Å². The summed E-state index contributed by atoms with van der Waals surface area (Å²) in [4.78, 5) is 3.40. The molecule has 2 nitrogen and oxygen atoms in total. The molecule has 0 unspecified atom stereocenters. The van der Waals surface area contributed by atoms with Crippen LogP contribution in [0.5, 0.6) is 0 Å². The predicted molar refractivity (Wildman–Crippen MR) is 61.2 cm³/mol. The molecule has 1 fully saturated rings. The summed E-state index contributed by atoms with van der Waals surface area (Å²) in [5, 5.41) is 3.36. The monoisotopic (exact) mass is 200 g/mol. The fraction of sp³-hybridized carbons (Fsp3) is 0.900. The molecule has 3 heteroatoms. The van der Waals surface area contributed by atoms with Gasteiger partial charge >= 0.3 is 0 Å². The van der Waals surface area contributed by atoms with E-state index in [1.807, 2.05) is 0 Å². The van der Waals surface area contributed by atoms with Crippen LogP contribution in [0.3, 0.4) is 0 Å². The molecule has 1 heterocycles. The topological polar surface area (TPSA) is 15.3 Å². The molecule has 0 atom stereocenters. The van der Waals surface area contributed by atoms with Gasteiger partial charge in [-0.1, -0.05) is 12.2 Å². The number of thiocarbonyl (C=S) groups is 1. The van der Waals surface area contributed by atoms with E-state index in [1.54, 1.807) is 0 Å². The highest BCUT2D eigenvalue weighted by molar-refractivity contribution is 7.80. The van der Waals surface area contributed by atoms with Gasteiger partial charge in [0.15, 0.2) is 0 Å². The number of nitrogens with zero attached hydrogens (tertiary/aromatic N) is 1. The quantitative estimate of drug-likeness (QED) is 0.600. The van der Waals surface area contributed by atoms with Gasteiger partial charge in [0.1, 0.15) is 0 Å². The lowest BCUT2D eigenvalue weighted by atomic mass is 10.0. The normalized spacial score (nSPS) is 21.2. The minimum atomic E-state index is 0.177. The van der Waals surface area contributed by atoms with Crippen molar-refractivity contribution in [2.24, 2.45) is 0 Å². The third-order valence-electron chi connectivity index (χ3n) is 2.37. The maximum Gasteiger partial charge on any atom is 0.0924 e. The highest BCUT2D eigenvalue weighted by atomic mass is 32.1. The molecule has 0 bridgehead atoms. The average Bonchev–Trinajstić information content (AvgIpc) is 1.94. The van der Waals surface area contributed by atoms with Crippen LogP contribution in [0.1, 0.15) is 33.6 Å². The minimum Gasteiger partial charge on any atom is -0.360 e. The van der Waals surface area contributed by atoms with Gasteiger partial charge < -0.3 is 10.2 Å². The Kier molecular flexibility index (Phi) is 3.68. The van der Waals surface area contributed by atoms with Gasteiger partial charge in [0.05, 0.1) is 4.99 Å². The molecule has 76 valence electrons. The molecular formula is C10H20N2S. The zero-order valence-corrected chi connectivity index (χ0v) is 9.71. The Hall–Kier alpha value is -0.150. The molecule has 0 aromatic rings.